The topological polar surface area (TPSA) is 29.5 Å². The second-order valence-electron chi connectivity index (χ2n) is 6.14. The monoisotopic (exact) mass is 407 g/mol. The van der Waals surface area contributed by atoms with Crippen molar-refractivity contribution in [2.45, 2.75) is 5.75 Å². The number of carbonyl (C=O) groups excluding carboxylic acids is 1. The van der Waals surface area contributed by atoms with Crippen LogP contribution in [0, 0.1) is 11.6 Å². The Balaban J connectivity index is 2.60. The number of halogens is 3. The van der Waals surface area contributed by atoms with Crippen molar-refractivity contribution in [2.24, 2.45) is 0 Å². The predicted octanol–water partition coefficient (Wildman–Crippen LogP) is 5.57. The number of hydrogen-bond donors (Lipinski definition) is 0. The second kappa shape index (κ2) is 10.0. The van der Waals surface area contributed by atoms with E-state index in [4.69, 9.17) is 4.74 Å². The molecule has 2 aromatic carbocycles. The van der Waals surface area contributed by atoms with E-state index in [2.05, 4.69) is 0 Å². The highest BCUT2D eigenvalue weighted by Gasteiger charge is 2.14. The van der Waals surface area contributed by atoms with Gasteiger partial charge >= 0.3 is 0 Å². The molecule has 2 rings (SSSR count). The molecule has 0 saturated heterocycles. The molecule has 0 aliphatic rings. The summed E-state index contributed by atoms with van der Waals surface area (Å²) < 4.78 is 46.6. The summed E-state index contributed by atoms with van der Waals surface area (Å²) in [7, 11) is 3.50. The molecule has 0 atom stereocenters. The summed E-state index contributed by atoms with van der Waals surface area (Å²) in [6, 6.07) is 8.23. The molecule has 7 heteroatoms. The molecule has 28 heavy (non-hydrogen) atoms. The van der Waals surface area contributed by atoms with Crippen LogP contribution in [0.5, 0.6) is 11.5 Å². The number of rotatable bonds is 8. The minimum absolute atomic E-state index is 0.107. The van der Waals surface area contributed by atoms with Gasteiger partial charge in [0.25, 0.3) is 0 Å². The van der Waals surface area contributed by atoms with Gasteiger partial charge in [-0.1, -0.05) is 6.07 Å². The SMILES string of the molecule is CSCc1ccc(Oc2ccc(F)cc2F)c(C(/C=C(/F)C=O)=C/N(C)C)c1. The number of nitrogens with zero attached hydrogens (tertiary/aromatic N) is 1. The van der Waals surface area contributed by atoms with Crippen LogP contribution < -0.4 is 4.74 Å². The van der Waals surface area contributed by atoms with Gasteiger partial charge in [0.1, 0.15) is 11.6 Å². The van der Waals surface area contributed by atoms with Gasteiger partial charge in [-0.3, -0.25) is 4.79 Å². The maximum Gasteiger partial charge on any atom is 0.178 e. The number of hydrogen-bond acceptors (Lipinski definition) is 4. The van der Waals surface area contributed by atoms with E-state index in [0.717, 1.165) is 23.8 Å². The largest absolute Gasteiger partial charge is 0.454 e. The molecule has 0 fully saturated rings. The van der Waals surface area contributed by atoms with E-state index in [1.54, 1.807) is 49.1 Å². The highest BCUT2D eigenvalue weighted by Crippen LogP contribution is 2.34. The van der Waals surface area contributed by atoms with E-state index in [0.29, 0.717) is 16.9 Å². The van der Waals surface area contributed by atoms with Gasteiger partial charge < -0.3 is 9.64 Å². The van der Waals surface area contributed by atoms with E-state index < -0.39 is 17.5 Å². The number of benzene rings is 2. The highest BCUT2D eigenvalue weighted by atomic mass is 32.2. The first-order valence-corrected chi connectivity index (χ1v) is 9.69. The lowest BCUT2D eigenvalue weighted by Gasteiger charge is -2.16. The average molecular weight is 407 g/mol. The molecule has 0 aromatic heterocycles. The molecule has 0 radical (unpaired) electrons. The lowest BCUT2D eigenvalue weighted by atomic mass is 10.0. The Hall–Kier alpha value is -2.67. The van der Waals surface area contributed by atoms with Crippen LogP contribution in [0.2, 0.25) is 0 Å². The summed E-state index contributed by atoms with van der Waals surface area (Å²) >= 11 is 1.60. The molecular formula is C21H20F3NO2S. The lowest BCUT2D eigenvalue weighted by molar-refractivity contribution is -0.106. The van der Waals surface area contributed by atoms with Crippen molar-refractivity contribution in [2.75, 3.05) is 20.4 Å². The molecule has 2 aromatic rings. The fraction of sp³-hybridized carbons (Fsp3) is 0.190. The molecule has 0 bridgehead atoms. The van der Waals surface area contributed by atoms with Gasteiger partial charge in [-0.2, -0.15) is 11.8 Å². The molecule has 0 saturated carbocycles. The molecule has 0 amide bonds. The summed E-state index contributed by atoms with van der Waals surface area (Å²) in [5.41, 5.74) is 1.79. The number of thioether (sulfide) groups is 1. The number of ether oxygens (including phenoxy) is 1. The van der Waals surface area contributed by atoms with E-state index in [1.165, 1.54) is 6.07 Å². The zero-order chi connectivity index (χ0) is 20.7. The summed E-state index contributed by atoms with van der Waals surface area (Å²) in [5.74, 6) is -1.74. The predicted molar refractivity (Wildman–Crippen MR) is 107 cm³/mol. The fourth-order valence-electron chi connectivity index (χ4n) is 2.47. The highest BCUT2D eigenvalue weighted by molar-refractivity contribution is 7.97. The van der Waals surface area contributed by atoms with Crippen molar-refractivity contribution in [3.8, 4) is 11.5 Å². The van der Waals surface area contributed by atoms with Gasteiger partial charge in [0.15, 0.2) is 23.7 Å². The first kappa shape index (κ1) is 21.6. The Morgan fingerprint density at radius 1 is 1.14 bits per heavy atom. The van der Waals surface area contributed by atoms with E-state index in [-0.39, 0.29) is 17.8 Å². The van der Waals surface area contributed by atoms with Gasteiger partial charge in [-0.15, -0.1) is 0 Å². The zero-order valence-electron chi connectivity index (χ0n) is 15.7. The van der Waals surface area contributed by atoms with Crippen molar-refractivity contribution >= 4 is 23.6 Å². The van der Waals surface area contributed by atoms with Gasteiger partial charge in [0.05, 0.1) is 0 Å². The Morgan fingerprint density at radius 3 is 2.46 bits per heavy atom. The molecule has 0 spiro atoms. The molecule has 0 aliphatic carbocycles. The maximum absolute atomic E-state index is 14.0. The second-order valence-corrected chi connectivity index (χ2v) is 7.00. The lowest BCUT2D eigenvalue weighted by Crippen LogP contribution is -2.03. The van der Waals surface area contributed by atoms with Crippen molar-refractivity contribution in [1.82, 2.24) is 4.90 Å². The van der Waals surface area contributed by atoms with Crippen molar-refractivity contribution < 1.29 is 22.7 Å². The maximum atomic E-state index is 14.0. The van der Waals surface area contributed by atoms with Crippen LogP contribution in [0.3, 0.4) is 0 Å². The van der Waals surface area contributed by atoms with Crippen LogP contribution in [0.15, 0.2) is 54.5 Å². The van der Waals surface area contributed by atoms with Crippen LogP contribution in [0.1, 0.15) is 11.1 Å². The van der Waals surface area contributed by atoms with Crippen LogP contribution in [0.25, 0.3) is 5.57 Å². The Bertz CT molecular complexity index is 911. The first-order chi connectivity index (χ1) is 13.3. The van der Waals surface area contributed by atoms with Gasteiger partial charge in [-0.05, 0) is 42.2 Å². The minimum Gasteiger partial charge on any atom is -0.454 e. The van der Waals surface area contributed by atoms with Gasteiger partial charge in [0.2, 0.25) is 0 Å². The molecule has 0 N–H and O–H groups in total. The zero-order valence-corrected chi connectivity index (χ0v) is 16.5. The summed E-state index contributed by atoms with van der Waals surface area (Å²) in [5, 5.41) is 0. The van der Waals surface area contributed by atoms with Crippen LogP contribution in [0.4, 0.5) is 13.2 Å². The van der Waals surface area contributed by atoms with Crippen LogP contribution in [-0.2, 0) is 10.5 Å². The number of allylic oxidation sites excluding steroid dienone is 3. The minimum atomic E-state index is -0.956. The molecule has 0 heterocycles. The normalized spacial score (nSPS) is 12.1. The molecule has 0 aliphatic heterocycles. The smallest absolute Gasteiger partial charge is 0.178 e. The quantitative estimate of drug-likeness (QED) is 0.325. The number of aldehydes is 1. The third-order valence-electron chi connectivity index (χ3n) is 3.58. The van der Waals surface area contributed by atoms with Crippen LogP contribution >= 0.6 is 11.8 Å². The summed E-state index contributed by atoms with van der Waals surface area (Å²) in [4.78, 5) is 12.5. The molecular weight excluding hydrogens is 387 g/mol. The molecule has 148 valence electrons. The Morgan fingerprint density at radius 2 is 1.86 bits per heavy atom. The standard InChI is InChI=1S/C21H20F3NO2S/c1-25(2)11-15(9-17(23)12-26)18-8-14(13-28-3)4-6-20(18)27-21-7-5-16(22)10-19(21)24/h4-12H,13H2,1-3H3/b15-11+,17-9+. The average Bonchev–Trinajstić information content (AvgIpc) is 2.64. The Kier molecular flexibility index (Phi) is 7.75. The summed E-state index contributed by atoms with van der Waals surface area (Å²) in [6.07, 6.45) is 4.75. The molecule has 0 unspecified atom stereocenters. The van der Waals surface area contributed by atoms with Gasteiger partial charge in [-0.25, -0.2) is 13.2 Å². The van der Waals surface area contributed by atoms with Gasteiger partial charge in [0, 0.05) is 43.3 Å². The third kappa shape index (κ3) is 5.92. The van der Waals surface area contributed by atoms with Crippen molar-refractivity contribution in [3.05, 3.63) is 77.3 Å². The number of carbonyl (C=O) groups is 1. The van der Waals surface area contributed by atoms with E-state index in [9.17, 15) is 18.0 Å². The van der Waals surface area contributed by atoms with Crippen LogP contribution in [-0.4, -0.2) is 31.5 Å². The first-order valence-electron chi connectivity index (χ1n) is 8.29. The Labute approximate surface area is 166 Å². The fourth-order valence-corrected chi connectivity index (χ4v) is 2.98. The summed E-state index contributed by atoms with van der Waals surface area (Å²) in [6.45, 7) is 0. The van der Waals surface area contributed by atoms with Crippen molar-refractivity contribution in [1.29, 1.82) is 0 Å². The third-order valence-corrected chi connectivity index (χ3v) is 4.21. The van der Waals surface area contributed by atoms with E-state index >= 15 is 0 Å². The van der Waals surface area contributed by atoms with E-state index in [1.807, 2.05) is 12.3 Å². The van der Waals surface area contributed by atoms with Crippen molar-refractivity contribution in [3.63, 3.8) is 0 Å². The molecule has 3 nitrogen and oxygen atoms in total.